The Balaban J connectivity index is 0.000000184. The van der Waals surface area contributed by atoms with Crippen LogP contribution in [0.4, 0.5) is 0 Å². The van der Waals surface area contributed by atoms with Crippen LogP contribution in [0, 0.1) is 5.92 Å². The molecule has 0 saturated carbocycles. The number of halogens is 1. The number of benzene rings is 2. The number of phosphoric acid groups is 1. The molecule has 7 rings (SSSR count). The SMILES string of the molecule is CN(C)CCC(c1ccc(Cl)cc1)c1ccccn1.COc1ccc2c3c1O[C@H]1[C@@H](O)C=C[C@H]4[C@@H](C2)N(C)CC[C@@]341.O=C(O)/C=C\C(=O)O.O=P(O)(O)O. The molecule has 6 atom stereocenters. The van der Waals surface area contributed by atoms with E-state index in [0.29, 0.717) is 30.0 Å². The number of carboxylic acid groups (broad SMARTS) is 2. The number of carboxylic acids is 2. The van der Waals surface area contributed by atoms with Gasteiger partial charge in [0.15, 0.2) is 11.5 Å². The minimum atomic E-state index is -4.64. The van der Waals surface area contributed by atoms with Crippen molar-refractivity contribution < 1.29 is 53.6 Å². The molecule has 1 spiro atoms. The van der Waals surface area contributed by atoms with Gasteiger partial charge in [0, 0.05) is 57.9 Å². The summed E-state index contributed by atoms with van der Waals surface area (Å²) in [7, 11) is 3.46. The third kappa shape index (κ3) is 10.6. The van der Waals surface area contributed by atoms with E-state index in [9.17, 15) is 14.7 Å². The van der Waals surface area contributed by atoms with Gasteiger partial charge >= 0.3 is 19.8 Å². The number of carbonyl (C=O) groups is 2. The fourth-order valence-electron chi connectivity index (χ4n) is 7.68. The third-order valence-corrected chi connectivity index (χ3v) is 10.2. The molecule has 1 aromatic heterocycles. The Hall–Kier alpha value is -4.11. The Kier molecular flexibility index (Phi) is 14.6. The number of ether oxygens (including phenoxy) is 2. The summed E-state index contributed by atoms with van der Waals surface area (Å²) in [4.78, 5) is 49.8. The zero-order valence-corrected chi connectivity index (χ0v) is 32.0. The predicted octanol–water partition coefficient (Wildman–Crippen LogP) is 4.10. The number of aliphatic carboxylic acids is 2. The summed E-state index contributed by atoms with van der Waals surface area (Å²) in [5.74, 6) is -0.104. The lowest BCUT2D eigenvalue weighted by Crippen LogP contribution is -2.64. The van der Waals surface area contributed by atoms with E-state index in [1.807, 2.05) is 42.6 Å². The molecule has 4 aliphatic rings. The first-order valence-electron chi connectivity index (χ1n) is 17.1. The number of rotatable bonds is 8. The minimum absolute atomic E-state index is 0.0806. The quantitative estimate of drug-likeness (QED) is 0.108. The zero-order valence-electron chi connectivity index (χ0n) is 30.4. The van der Waals surface area contributed by atoms with Crippen LogP contribution in [0.15, 0.2) is 85.1 Å². The molecule has 0 radical (unpaired) electrons. The topological polar surface area (TPSA) is 210 Å². The van der Waals surface area contributed by atoms with Crippen LogP contribution < -0.4 is 9.47 Å². The second-order valence-corrected chi connectivity index (χ2v) is 15.1. The highest BCUT2D eigenvalue weighted by Crippen LogP contribution is 2.62. The number of piperidine rings is 1. The number of hydrogen-bond acceptors (Lipinski definition) is 9. The molecule has 292 valence electrons. The molecule has 2 aliphatic carbocycles. The average molecular weight is 788 g/mol. The summed E-state index contributed by atoms with van der Waals surface area (Å²) in [6, 6.07) is 18.9. The van der Waals surface area contributed by atoms with E-state index in [1.54, 1.807) is 7.11 Å². The van der Waals surface area contributed by atoms with Crippen LogP contribution in [-0.2, 0) is 26.0 Å². The molecule has 0 amide bonds. The summed E-state index contributed by atoms with van der Waals surface area (Å²) >= 11 is 5.97. The summed E-state index contributed by atoms with van der Waals surface area (Å²) in [6.45, 7) is 2.08. The van der Waals surface area contributed by atoms with Crippen LogP contribution in [0.1, 0.15) is 41.1 Å². The van der Waals surface area contributed by atoms with Crippen molar-refractivity contribution in [2.45, 2.75) is 48.8 Å². The number of aromatic nitrogens is 1. The maximum Gasteiger partial charge on any atom is 0.466 e. The highest BCUT2D eigenvalue weighted by Gasteiger charge is 2.64. The predicted molar refractivity (Wildman–Crippen MR) is 202 cm³/mol. The second kappa shape index (κ2) is 18.5. The van der Waals surface area contributed by atoms with Crippen molar-refractivity contribution >= 4 is 31.4 Å². The van der Waals surface area contributed by atoms with Crippen LogP contribution in [0.25, 0.3) is 0 Å². The van der Waals surface area contributed by atoms with Crippen molar-refractivity contribution in [2.75, 3.05) is 41.3 Å². The largest absolute Gasteiger partial charge is 0.493 e. The molecule has 54 heavy (non-hydrogen) atoms. The molecule has 16 heteroatoms. The lowest BCUT2D eigenvalue weighted by Gasteiger charge is -2.56. The van der Waals surface area contributed by atoms with Crippen molar-refractivity contribution in [1.82, 2.24) is 14.8 Å². The maximum absolute atomic E-state index is 10.6. The van der Waals surface area contributed by atoms with Crippen molar-refractivity contribution in [2.24, 2.45) is 5.92 Å². The summed E-state index contributed by atoms with van der Waals surface area (Å²) in [5.41, 5.74) is 4.99. The van der Waals surface area contributed by atoms with Gasteiger partial charge in [-0.1, -0.05) is 48.0 Å². The fourth-order valence-corrected chi connectivity index (χ4v) is 7.81. The molecule has 1 unspecified atom stereocenters. The van der Waals surface area contributed by atoms with E-state index in [-0.39, 0.29) is 11.5 Å². The minimum Gasteiger partial charge on any atom is -0.493 e. The number of likely N-dealkylation sites (N-methyl/N-ethyl adjacent to an activating group) is 1. The molecule has 3 aromatic rings. The standard InChI is InChI=1S/C18H21NO3.C16H19ClN2.C4H4O4.H3O4P/c1-19-8-7-18-11-4-5-13(20)17(18)22-16-14(21-2)6-3-10(15(16)18)9-12(11)19;1-19(2)12-10-15(16-5-3-4-11-18-16)13-6-8-14(17)9-7-13;5-3(6)1-2-4(7)8;1-5(2,3)4/h3-6,11-13,17,20H,7-9H2,1-2H3;3-9,11,15H,10,12H2,1-2H3;1-2H,(H,5,6)(H,7,8);(H3,1,2,3,4)/b;;2-1-;/t11-,12+,13-,17-,18-;;;/m0.../s1. The van der Waals surface area contributed by atoms with Gasteiger partial charge in [-0.2, -0.15) is 0 Å². The first-order valence-corrected chi connectivity index (χ1v) is 19.1. The molecule has 2 aliphatic heterocycles. The van der Waals surface area contributed by atoms with Gasteiger partial charge in [0.1, 0.15) is 12.2 Å². The summed E-state index contributed by atoms with van der Waals surface area (Å²) in [6.07, 6.45) is 9.55. The first kappa shape index (κ1) is 42.6. The number of methoxy groups -OCH3 is 1. The Labute approximate surface area is 319 Å². The highest BCUT2D eigenvalue weighted by atomic mass is 35.5. The highest BCUT2D eigenvalue weighted by molar-refractivity contribution is 7.45. The zero-order chi connectivity index (χ0) is 39.8. The van der Waals surface area contributed by atoms with Gasteiger partial charge in [0.2, 0.25) is 0 Å². The van der Waals surface area contributed by atoms with Gasteiger partial charge in [-0.15, -0.1) is 0 Å². The van der Waals surface area contributed by atoms with Crippen LogP contribution in [0.5, 0.6) is 11.5 Å². The molecule has 6 N–H and O–H groups in total. The van der Waals surface area contributed by atoms with E-state index in [1.165, 1.54) is 16.7 Å². The van der Waals surface area contributed by atoms with Gasteiger partial charge in [-0.25, -0.2) is 14.2 Å². The Morgan fingerprint density at radius 1 is 1.07 bits per heavy atom. The molecule has 3 heterocycles. The number of aliphatic hydroxyl groups excluding tert-OH is 1. The Morgan fingerprint density at radius 3 is 2.28 bits per heavy atom. The van der Waals surface area contributed by atoms with E-state index in [0.717, 1.165) is 54.6 Å². The van der Waals surface area contributed by atoms with Gasteiger partial charge in [-0.05, 0) is 95.0 Å². The number of nitrogens with zero attached hydrogens (tertiary/aromatic N) is 3. The lowest BCUT2D eigenvalue weighted by atomic mass is 9.53. The van der Waals surface area contributed by atoms with E-state index < -0.39 is 25.9 Å². The maximum atomic E-state index is 10.6. The van der Waals surface area contributed by atoms with E-state index in [4.69, 9.17) is 50.5 Å². The molecule has 1 saturated heterocycles. The Morgan fingerprint density at radius 2 is 1.72 bits per heavy atom. The normalized spacial score (nSPS) is 23.7. The van der Waals surface area contributed by atoms with Crippen molar-refractivity contribution in [3.63, 3.8) is 0 Å². The summed E-state index contributed by atoms with van der Waals surface area (Å²) < 4.78 is 20.7. The Bertz CT molecular complexity index is 1830. The lowest BCUT2D eigenvalue weighted by molar-refractivity contribution is -0.134. The van der Waals surface area contributed by atoms with E-state index >= 15 is 0 Å². The van der Waals surface area contributed by atoms with Crippen molar-refractivity contribution in [1.29, 1.82) is 0 Å². The fraction of sp³-hybridized carbons (Fsp3) is 0.395. The second-order valence-electron chi connectivity index (χ2n) is 13.6. The van der Waals surface area contributed by atoms with Gasteiger partial charge in [0.25, 0.3) is 0 Å². The molecule has 14 nitrogen and oxygen atoms in total. The van der Waals surface area contributed by atoms with Crippen LogP contribution >= 0.6 is 19.4 Å². The van der Waals surface area contributed by atoms with Gasteiger partial charge < -0.3 is 49.3 Å². The van der Waals surface area contributed by atoms with Crippen molar-refractivity contribution in [3.05, 3.63) is 113 Å². The molecule has 1 fully saturated rings. The monoisotopic (exact) mass is 787 g/mol. The molecular weight excluding hydrogens is 741 g/mol. The molecule has 2 bridgehead atoms. The number of likely N-dealkylation sites (tertiary alicyclic amines) is 1. The van der Waals surface area contributed by atoms with Gasteiger partial charge in [-0.3, -0.25) is 4.98 Å². The van der Waals surface area contributed by atoms with Gasteiger partial charge in [0.05, 0.1) is 7.11 Å². The number of hydrogen-bond donors (Lipinski definition) is 6. The van der Waals surface area contributed by atoms with E-state index in [2.05, 4.69) is 66.3 Å². The molecule has 2 aromatic carbocycles. The smallest absolute Gasteiger partial charge is 0.466 e. The van der Waals surface area contributed by atoms with Crippen LogP contribution in [0.3, 0.4) is 0 Å². The average Bonchev–Trinajstić information content (AvgIpc) is 3.47. The van der Waals surface area contributed by atoms with Crippen LogP contribution in [-0.4, -0.2) is 116 Å². The van der Waals surface area contributed by atoms with Crippen LogP contribution in [0.2, 0.25) is 5.02 Å². The van der Waals surface area contributed by atoms with Crippen molar-refractivity contribution in [3.8, 4) is 11.5 Å². The number of pyridine rings is 1. The molecular formula is C38H47ClN3O11P. The summed E-state index contributed by atoms with van der Waals surface area (Å²) in [5, 5.41) is 27.0. The first-order chi connectivity index (χ1) is 25.5. The number of aliphatic hydroxyl groups is 1. The third-order valence-electron chi connectivity index (χ3n) is 9.90.